The first kappa shape index (κ1) is 24.3. The molecule has 0 spiro atoms. The van der Waals surface area contributed by atoms with Crippen molar-refractivity contribution in [1.82, 2.24) is 0 Å². The molecular formula is C28H23O4Sb. The van der Waals surface area contributed by atoms with Gasteiger partial charge in [-0.15, -0.1) is 0 Å². The molecule has 0 saturated heterocycles. The Kier molecular flexibility index (Phi) is 8.45. The van der Waals surface area contributed by atoms with Gasteiger partial charge in [0.2, 0.25) is 0 Å². The number of carbonyl (C=O) groups is 2. The van der Waals surface area contributed by atoms with E-state index in [1.54, 1.807) is 0 Å². The molecule has 0 aliphatic rings. The second kappa shape index (κ2) is 11.5. The predicted molar refractivity (Wildman–Crippen MR) is 129 cm³/mol. The average Bonchev–Trinajstić information content (AvgIpc) is 2.83. The van der Waals surface area contributed by atoms with Gasteiger partial charge in [-0.25, -0.2) is 0 Å². The molecule has 33 heavy (non-hydrogen) atoms. The standard InChI is InChI=1S/C10H10O4.3C6H5.Sb/c1-5-6(2)8(10(13)14)4-3-7(5)9(11)12;3*1-2-4-6-5-3-1;/h3-4H,1-2H3,(H,11,12)(H,13,14);3*1-5H;/q;;;;+2/p-2. The van der Waals surface area contributed by atoms with Crippen LogP contribution >= 0.6 is 0 Å². The zero-order chi connectivity index (χ0) is 23.8. The van der Waals surface area contributed by atoms with Crippen molar-refractivity contribution in [1.29, 1.82) is 0 Å². The van der Waals surface area contributed by atoms with Crippen molar-refractivity contribution in [3.05, 3.63) is 125 Å². The van der Waals surface area contributed by atoms with Crippen molar-refractivity contribution in [2.24, 2.45) is 0 Å². The Morgan fingerprint density at radius 3 is 1.03 bits per heavy atom. The van der Waals surface area contributed by atoms with Gasteiger partial charge in [0.1, 0.15) is 0 Å². The van der Waals surface area contributed by atoms with E-state index in [1.807, 2.05) is 0 Å². The van der Waals surface area contributed by atoms with E-state index >= 15 is 0 Å². The summed E-state index contributed by atoms with van der Waals surface area (Å²) in [5.74, 6) is -2.62. The molecule has 0 fully saturated rings. The molecule has 0 amide bonds. The normalized spacial score (nSPS) is 10.0. The van der Waals surface area contributed by atoms with Crippen LogP contribution in [0.25, 0.3) is 0 Å². The molecule has 5 heteroatoms. The third kappa shape index (κ3) is 6.12. The number of rotatable bonds is 5. The number of hydrogen-bond donors (Lipinski definition) is 0. The third-order valence-corrected chi connectivity index (χ3v) is 12.2. The summed E-state index contributed by atoms with van der Waals surface area (Å²) in [7, 11) is 0. The van der Waals surface area contributed by atoms with Crippen molar-refractivity contribution in [2.75, 3.05) is 0 Å². The number of benzene rings is 4. The van der Waals surface area contributed by atoms with Crippen LogP contribution in [-0.2, 0) is 0 Å². The zero-order valence-corrected chi connectivity index (χ0v) is 20.9. The molecule has 0 atom stereocenters. The van der Waals surface area contributed by atoms with Crippen LogP contribution in [0.4, 0.5) is 0 Å². The molecule has 4 aromatic rings. The van der Waals surface area contributed by atoms with E-state index < -0.39 is 32.1 Å². The van der Waals surface area contributed by atoms with E-state index in [1.165, 1.54) is 36.5 Å². The zero-order valence-electron chi connectivity index (χ0n) is 18.4. The first-order chi connectivity index (χ1) is 15.9. The van der Waals surface area contributed by atoms with Crippen LogP contribution in [0.3, 0.4) is 0 Å². The molecule has 0 N–H and O–H groups in total. The molecule has 4 rings (SSSR count). The van der Waals surface area contributed by atoms with Crippen molar-refractivity contribution < 1.29 is 19.8 Å². The monoisotopic (exact) mass is 544 g/mol. The molecule has 0 aliphatic carbocycles. The summed E-state index contributed by atoms with van der Waals surface area (Å²) in [5.41, 5.74) is 0.804. The second-order valence-electron chi connectivity index (χ2n) is 7.33. The van der Waals surface area contributed by atoms with Crippen LogP contribution in [0.1, 0.15) is 31.8 Å². The van der Waals surface area contributed by atoms with Crippen molar-refractivity contribution in [3.8, 4) is 0 Å². The topological polar surface area (TPSA) is 80.3 Å². The van der Waals surface area contributed by atoms with Crippen LogP contribution in [0.15, 0.2) is 103 Å². The number of carboxylic acid groups (broad SMARTS) is 2. The van der Waals surface area contributed by atoms with Gasteiger partial charge >= 0.3 is 122 Å². The van der Waals surface area contributed by atoms with Crippen molar-refractivity contribution in [2.45, 2.75) is 13.8 Å². The second-order valence-corrected chi connectivity index (χ2v) is 13.7. The van der Waals surface area contributed by atoms with Crippen LogP contribution in [0.5, 0.6) is 0 Å². The van der Waals surface area contributed by atoms with Gasteiger partial charge in [0.05, 0.1) is 11.9 Å². The Morgan fingerprint density at radius 2 is 0.788 bits per heavy atom. The quantitative estimate of drug-likeness (QED) is 0.354. The first-order valence-electron chi connectivity index (χ1n) is 10.4. The van der Waals surface area contributed by atoms with E-state index in [4.69, 9.17) is 0 Å². The van der Waals surface area contributed by atoms with E-state index in [-0.39, 0.29) is 11.1 Å². The van der Waals surface area contributed by atoms with Crippen LogP contribution < -0.4 is 20.7 Å². The number of carboxylic acids is 2. The summed E-state index contributed by atoms with van der Waals surface area (Å²) < 4.78 is 4.55. The molecular weight excluding hydrogens is 522 g/mol. The maximum absolute atomic E-state index is 10.6. The summed E-state index contributed by atoms with van der Waals surface area (Å²) in [5, 5.41) is 21.2. The molecule has 0 aromatic heterocycles. The van der Waals surface area contributed by atoms with E-state index in [0.29, 0.717) is 11.1 Å². The van der Waals surface area contributed by atoms with E-state index in [2.05, 4.69) is 91.0 Å². The Morgan fingerprint density at radius 1 is 0.515 bits per heavy atom. The van der Waals surface area contributed by atoms with Crippen LogP contribution in [-0.4, -0.2) is 32.1 Å². The molecule has 0 heterocycles. The van der Waals surface area contributed by atoms with Crippen LogP contribution in [0.2, 0.25) is 0 Å². The summed E-state index contributed by atoms with van der Waals surface area (Å²) in [4.78, 5) is 21.2. The average molecular weight is 545 g/mol. The van der Waals surface area contributed by atoms with Crippen molar-refractivity contribution in [3.63, 3.8) is 0 Å². The van der Waals surface area contributed by atoms with Gasteiger partial charge in [0.25, 0.3) is 0 Å². The number of aromatic carboxylic acids is 2. The van der Waals surface area contributed by atoms with Crippen LogP contribution in [0, 0.1) is 13.8 Å². The minimum absolute atomic E-state index is 0.00694. The molecule has 0 aliphatic heterocycles. The predicted octanol–water partition coefficient (Wildman–Crippen LogP) is 1.23. The Bertz CT molecular complexity index is 1090. The van der Waals surface area contributed by atoms with Gasteiger partial charge in [-0.3, -0.25) is 0 Å². The Hall–Kier alpha value is -3.36. The molecule has 4 aromatic carbocycles. The van der Waals surface area contributed by atoms with E-state index in [0.717, 1.165) is 0 Å². The fourth-order valence-corrected chi connectivity index (χ4v) is 10.0. The molecule has 0 radical (unpaired) electrons. The maximum atomic E-state index is 10.6. The van der Waals surface area contributed by atoms with Crippen molar-refractivity contribution >= 4 is 42.7 Å². The molecule has 0 bridgehead atoms. The third-order valence-electron chi connectivity index (χ3n) is 5.27. The Balaban J connectivity index is 0.000000196. The van der Waals surface area contributed by atoms with Gasteiger partial charge in [-0.2, -0.15) is 0 Å². The molecule has 0 saturated carbocycles. The molecule has 4 nitrogen and oxygen atoms in total. The molecule has 164 valence electrons. The fourth-order valence-electron chi connectivity index (χ4n) is 3.44. The van der Waals surface area contributed by atoms with Gasteiger partial charge in [-0.05, 0) is 25.0 Å². The fraction of sp³-hybridized carbons (Fsp3) is 0.0714. The van der Waals surface area contributed by atoms with Gasteiger partial charge < -0.3 is 19.8 Å². The Labute approximate surface area is 201 Å². The summed E-state index contributed by atoms with van der Waals surface area (Å²) in [6.45, 7) is 3.07. The summed E-state index contributed by atoms with van der Waals surface area (Å²) in [6, 6.07) is 35.3. The number of carbonyl (C=O) groups excluding carboxylic acids is 2. The summed E-state index contributed by atoms with van der Waals surface area (Å²) in [6.07, 6.45) is 0. The number of hydrogen-bond acceptors (Lipinski definition) is 4. The first-order valence-corrected chi connectivity index (χ1v) is 14.2. The SMILES string of the molecule is Cc1c(C(=O)[O-])ccc(C(=O)[O-])c1C.c1cc[c]([Sb+2]([c]2ccccc2)[c]2ccccc2)cc1. The molecule has 0 unspecified atom stereocenters. The van der Waals surface area contributed by atoms with Gasteiger partial charge in [-0.1, -0.05) is 12.1 Å². The minimum atomic E-state index is -1.83. The van der Waals surface area contributed by atoms with Gasteiger partial charge in [0, 0.05) is 11.1 Å². The summed E-state index contributed by atoms with van der Waals surface area (Å²) >= 11 is -1.83. The van der Waals surface area contributed by atoms with E-state index in [9.17, 15) is 19.8 Å². The van der Waals surface area contributed by atoms with Gasteiger partial charge in [0.15, 0.2) is 0 Å².